The maximum absolute atomic E-state index is 5.01. The summed E-state index contributed by atoms with van der Waals surface area (Å²) in [5, 5.41) is 3.35. The molecule has 0 atom stereocenters. The lowest BCUT2D eigenvalue weighted by atomic mass is 10.2. The minimum absolute atomic E-state index is 0.447. The van der Waals surface area contributed by atoms with Crippen LogP contribution < -0.4 is 10.2 Å². The number of methoxy groups -OCH3 is 1. The van der Waals surface area contributed by atoms with Gasteiger partial charge in [-0.15, -0.1) is 0 Å². The van der Waals surface area contributed by atoms with Crippen molar-refractivity contribution in [3.05, 3.63) is 23.9 Å². The molecule has 1 aromatic heterocycles. The summed E-state index contributed by atoms with van der Waals surface area (Å²) in [6, 6.07) is 4.54. The van der Waals surface area contributed by atoms with E-state index in [-0.39, 0.29) is 0 Å². The van der Waals surface area contributed by atoms with Gasteiger partial charge in [-0.3, -0.25) is 0 Å². The van der Waals surface area contributed by atoms with Gasteiger partial charge in [-0.2, -0.15) is 0 Å². The molecule has 0 saturated heterocycles. The molecular weight excluding hydrogens is 214 g/mol. The van der Waals surface area contributed by atoms with Gasteiger partial charge in [0.25, 0.3) is 0 Å². The second-order valence-corrected chi connectivity index (χ2v) is 4.36. The zero-order valence-corrected chi connectivity index (χ0v) is 11.2. The quantitative estimate of drug-likeness (QED) is 0.732. The Morgan fingerprint density at radius 3 is 2.88 bits per heavy atom. The number of hydrogen-bond acceptors (Lipinski definition) is 4. The van der Waals surface area contributed by atoms with E-state index in [1.165, 1.54) is 5.56 Å². The normalized spacial score (nSPS) is 10.9. The summed E-state index contributed by atoms with van der Waals surface area (Å²) in [7, 11) is 3.79. The van der Waals surface area contributed by atoms with Crippen molar-refractivity contribution in [3.63, 3.8) is 0 Å². The Morgan fingerprint density at radius 2 is 2.24 bits per heavy atom. The average molecular weight is 237 g/mol. The van der Waals surface area contributed by atoms with Gasteiger partial charge in [0, 0.05) is 45.0 Å². The van der Waals surface area contributed by atoms with E-state index in [1.807, 2.05) is 12.3 Å². The molecule has 0 aliphatic heterocycles. The summed E-state index contributed by atoms with van der Waals surface area (Å²) in [5.74, 6) is 1.05. The SMILES string of the molecule is COCCNCc1cccnc1N(C)C(C)C. The summed E-state index contributed by atoms with van der Waals surface area (Å²) >= 11 is 0. The fourth-order valence-electron chi connectivity index (χ4n) is 1.53. The van der Waals surface area contributed by atoms with Gasteiger partial charge in [0.05, 0.1) is 6.61 Å². The third-order valence-electron chi connectivity index (χ3n) is 2.77. The zero-order chi connectivity index (χ0) is 12.7. The number of anilines is 1. The lowest BCUT2D eigenvalue weighted by molar-refractivity contribution is 0.199. The molecule has 4 heteroatoms. The van der Waals surface area contributed by atoms with Crippen LogP contribution in [0.15, 0.2) is 18.3 Å². The van der Waals surface area contributed by atoms with Crippen molar-refractivity contribution in [1.82, 2.24) is 10.3 Å². The minimum Gasteiger partial charge on any atom is -0.383 e. The van der Waals surface area contributed by atoms with Gasteiger partial charge in [0.1, 0.15) is 5.82 Å². The molecule has 4 nitrogen and oxygen atoms in total. The Morgan fingerprint density at radius 1 is 1.47 bits per heavy atom. The van der Waals surface area contributed by atoms with Crippen LogP contribution in [0, 0.1) is 0 Å². The van der Waals surface area contributed by atoms with Crippen LogP contribution in [0.25, 0.3) is 0 Å². The second-order valence-electron chi connectivity index (χ2n) is 4.36. The van der Waals surface area contributed by atoms with E-state index in [0.29, 0.717) is 6.04 Å². The van der Waals surface area contributed by atoms with Crippen molar-refractivity contribution in [2.24, 2.45) is 0 Å². The number of hydrogen-bond donors (Lipinski definition) is 1. The summed E-state index contributed by atoms with van der Waals surface area (Å²) in [4.78, 5) is 6.64. The van der Waals surface area contributed by atoms with Crippen molar-refractivity contribution in [1.29, 1.82) is 0 Å². The van der Waals surface area contributed by atoms with Crippen molar-refractivity contribution in [2.45, 2.75) is 26.4 Å². The third kappa shape index (κ3) is 4.32. The average Bonchev–Trinajstić information content (AvgIpc) is 2.34. The van der Waals surface area contributed by atoms with Crippen molar-refractivity contribution in [2.75, 3.05) is 32.2 Å². The van der Waals surface area contributed by atoms with Gasteiger partial charge in [-0.25, -0.2) is 4.98 Å². The van der Waals surface area contributed by atoms with Gasteiger partial charge < -0.3 is 15.0 Å². The smallest absolute Gasteiger partial charge is 0.132 e. The lowest BCUT2D eigenvalue weighted by Gasteiger charge is -2.25. The first kappa shape index (κ1) is 13.9. The molecular formula is C13H23N3O. The molecule has 1 rings (SSSR count). The van der Waals surface area contributed by atoms with Gasteiger partial charge in [0.2, 0.25) is 0 Å². The van der Waals surface area contributed by atoms with Crippen molar-refractivity contribution >= 4 is 5.82 Å². The molecule has 0 saturated carbocycles. The van der Waals surface area contributed by atoms with Crippen LogP contribution in [0.3, 0.4) is 0 Å². The summed E-state index contributed by atoms with van der Waals surface area (Å²) in [6.45, 7) is 6.74. The first-order chi connectivity index (χ1) is 8.16. The lowest BCUT2D eigenvalue weighted by Crippen LogP contribution is -2.29. The Kier molecular flexibility index (Phi) is 5.94. The predicted octanol–water partition coefficient (Wildman–Crippen LogP) is 1.66. The van der Waals surface area contributed by atoms with Gasteiger partial charge in [0.15, 0.2) is 0 Å². The van der Waals surface area contributed by atoms with Crippen LogP contribution in [0.4, 0.5) is 5.82 Å². The predicted molar refractivity (Wildman–Crippen MR) is 71.4 cm³/mol. The second kappa shape index (κ2) is 7.25. The van der Waals surface area contributed by atoms with Gasteiger partial charge in [-0.1, -0.05) is 6.07 Å². The van der Waals surface area contributed by atoms with Crippen LogP contribution >= 0.6 is 0 Å². The standard InChI is InChI=1S/C13H23N3O/c1-11(2)16(3)13-12(6-5-7-15-13)10-14-8-9-17-4/h5-7,11,14H,8-10H2,1-4H3. The molecule has 0 bridgehead atoms. The fourth-order valence-corrected chi connectivity index (χ4v) is 1.53. The number of ether oxygens (including phenoxy) is 1. The van der Waals surface area contributed by atoms with Crippen molar-refractivity contribution in [3.8, 4) is 0 Å². The number of pyridine rings is 1. The van der Waals surface area contributed by atoms with Crippen LogP contribution in [0.5, 0.6) is 0 Å². The summed E-state index contributed by atoms with van der Waals surface area (Å²) in [6.07, 6.45) is 1.84. The Balaban J connectivity index is 2.64. The summed E-state index contributed by atoms with van der Waals surface area (Å²) < 4.78 is 5.01. The molecule has 0 radical (unpaired) electrons. The Labute approximate surface area is 104 Å². The van der Waals surface area contributed by atoms with Crippen LogP contribution in [-0.4, -0.2) is 38.3 Å². The van der Waals surface area contributed by atoms with Crippen LogP contribution in [0.1, 0.15) is 19.4 Å². The highest BCUT2D eigenvalue weighted by molar-refractivity contribution is 5.46. The molecule has 0 amide bonds. The van der Waals surface area contributed by atoms with E-state index in [9.17, 15) is 0 Å². The number of rotatable bonds is 7. The Hall–Kier alpha value is -1.13. The molecule has 17 heavy (non-hydrogen) atoms. The van der Waals surface area contributed by atoms with E-state index < -0.39 is 0 Å². The molecule has 0 aliphatic rings. The largest absolute Gasteiger partial charge is 0.383 e. The van der Waals surface area contributed by atoms with E-state index in [4.69, 9.17) is 4.74 Å². The van der Waals surface area contributed by atoms with Gasteiger partial charge >= 0.3 is 0 Å². The highest BCUT2D eigenvalue weighted by Gasteiger charge is 2.10. The molecule has 0 fully saturated rings. The molecule has 0 spiro atoms. The topological polar surface area (TPSA) is 37.4 Å². The molecule has 0 aromatic carbocycles. The fraction of sp³-hybridized carbons (Fsp3) is 0.615. The zero-order valence-electron chi connectivity index (χ0n) is 11.2. The van der Waals surface area contributed by atoms with E-state index in [1.54, 1.807) is 7.11 Å². The molecule has 1 heterocycles. The van der Waals surface area contributed by atoms with Crippen LogP contribution in [0.2, 0.25) is 0 Å². The highest BCUT2D eigenvalue weighted by Crippen LogP contribution is 2.17. The van der Waals surface area contributed by atoms with E-state index in [0.717, 1.165) is 25.5 Å². The Bertz CT molecular complexity index is 328. The van der Waals surface area contributed by atoms with Crippen LogP contribution in [-0.2, 0) is 11.3 Å². The number of nitrogens with zero attached hydrogens (tertiary/aromatic N) is 2. The molecule has 1 N–H and O–H groups in total. The van der Waals surface area contributed by atoms with E-state index >= 15 is 0 Å². The molecule has 1 aromatic rings. The number of nitrogens with one attached hydrogen (secondary N) is 1. The number of aromatic nitrogens is 1. The van der Waals surface area contributed by atoms with Crippen molar-refractivity contribution < 1.29 is 4.74 Å². The third-order valence-corrected chi connectivity index (χ3v) is 2.77. The molecule has 0 aliphatic carbocycles. The highest BCUT2D eigenvalue weighted by atomic mass is 16.5. The van der Waals surface area contributed by atoms with Gasteiger partial charge in [-0.05, 0) is 19.9 Å². The molecule has 96 valence electrons. The maximum atomic E-state index is 5.01. The molecule has 0 unspecified atom stereocenters. The summed E-state index contributed by atoms with van der Waals surface area (Å²) in [5.41, 5.74) is 1.22. The first-order valence-electron chi connectivity index (χ1n) is 6.03. The maximum Gasteiger partial charge on any atom is 0.132 e. The van der Waals surface area contributed by atoms with E-state index in [2.05, 4.69) is 42.2 Å². The first-order valence-corrected chi connectivity index (χ1v) is 6.03. The monoisotopic (exact) mass is 237 g/mol. The minimum atomic E-state index is 0.447.